The van der Waals surface area contributed by atoms with E-state index < -0.39 is 0 Å². The van der Waals surface area contributed by atoms with Gasteiger partial charge in [0.25, 0.3) is 5.56 Å². The number of hydrogen-bond donors (Lipinski definition) is 1. The average Bonchev–Trinajstić information content (AvgIpc) is 2.85. The number of hydrogen-bond acceptors (Lipinski definition) is 5. The average molecular weight is 331 g/mol. The first-order valence-corrected chi connectivity index (χ1v) is 7.36. The first-order chi connectivity index (χ1) is 11.0. The highest BCUT2D eigenvalue weighted by Crippen LogP contribution is 2.27. The Hall–Kier alpha value is -2.60. The van der Waals surface area contributed by atoms with Crippen LogP contribution in [0.5, 0.6) is 0 Å². The second kappa shape index (κ2) is 5.89. The second-order valence-corrected chi connectivity index (χ2v) is 5.69. The molecule has 3 aromatic heterocycles. The monoisotopic (exact) mass is 330 g/mol. The molecule has 0 saturated heterocycles. The molecule has 0 atom stereocenters. The molecule has 7 heteroatoms. The topological polar surface area (TPSA) is 86.9 Å². The summed E-state index contributed by atoms with van der Waals surface area (Å²) in [4.78, 5) is 16.3. The van der Waals surface area contributed by atoms with E-state index in [2.05, 4.69) is 10.1 Å². The van der Waals surface area contributed by atoms with Gasteiger partial charge in [-0.15, -0.1) is 0 Å². The van der Waals surface area contributed by atoms with Gasteiger partial charge in [-0.3, -0.25) is 9.78 Å². The van der Waals surface area contributed by atoms with Gasteiger partial charge in [-0.05, 0) is 31.5 Å². The molecule has 0 radical (unpaired) electrons. The van der Waals surface area contributed by atoms with Crippen LogP contribution in [0.2, 0.25) is 5.02 Å². The number of rotatable bonds is 3. The first-order valence-electron chi connectivity index (χ1n) is 6.99. The lowest BCUT2D eigenvalue weighted by molar-refractivity contribution is 0.393. The van der Waals surface area contributed by atoms with Crippen molar-refractivity contribution in [1.82, 2.24) is 14.7 Å². The first kappa shape index (κ1) is 15.3. The molecule has 0 saturated carbocycles. The Morgan fingerprint density at radius 2 is 2.17 bits per heavy atom. The Kier molecular flexibility index (Phi) is 3.92. The van der Waals surface area contributed by atoms with Crippen molar-refractivity contribution in [3.8, 4) is 11.1 Å². The zero-order valence-electron chi connectivity index (χ0n) is 12.7. The smallest absolute Gasteiger partial charge is 0.274 e. The van der Waals surface area contributed by atoms with Crippen LogP contribution in [0.25, 0.3) is 11.1 Å². The third-order valence-electron chi connectivity index (χ3n) is 3.63. The third-order valence-corrected chi connectivity index (χ3v) is 3.97. The molecule has 0 amide bonds. The van der Waals surface area contributed by atoms with E-state index >= 15 is 0 Å². The number of anilines is 1. The van der Waals surface area contributed by atoms with Crippen molar-refractivity contribution in [2.45, 2.75) is 20.4 Å². The molecule has 0 aliphatic heterocycles. The van der Waals surface area contributed by atoms with Crippen LogP contribution in [0.3, 0.4) is 0 Å². The maximum Gasteiger partial charge on any atom is 0.274 e. The molecule has 3 aromatic rings. The van der Waals surface area contributed by atoms with Crippen molar-refractivity contribution >= 4 is 17.3 Å². The standard InChI is InChI=1S/C16H15ClN4O2/c1-9-15(10(2)23-20-9)12-5-14(18)16(22)21(8-12)7-11-3-4-19-6-13(11)17/h3-6,8H,7,18H2,1-2H3. The van der Waals surface area contributed by atoms with Crippen molar-refractivity contribution in [1.29, 1.82) is 0 Å². The summed E-state index contributed by atoms with van der Waals surface area (Å²) in [6.45, 7) is 3.97. The van der Waals surface area contributed by atoms with Gasteiger partial charge in [-0.2, -0.15) is 0 Å². The van der Waals surface area contributed by atoms with E-state index in [9.17, 15) is 4.79 Å². The van der Waals surface area contributed by atoms with Crippen LogP contribution < -0.4 is 11.3 Å². The van der Waals surface area contributed by atoms with Gasteiger partial charge in [0.15, 0.2) is 0 Å². The van der Waals surface area contributed by atoms with Gasteiger partial charge in [0.2, 0.25) is 0 Å². The molecule has 0 spiro atoms. The van der Waals surface area contributed by atoms with E-state index in [1.165, 1.54) is 4.57 Å². The summed E-state index contributed by atoms with van der Waals surface area (Å²) < 4.78 is 6.72. The van der Waals surface area contributed by atoms with Crippen LogP contribution in [-0.4, -0.2) is 14.7 Å². The second-order valence-electron chi connectivity index (χ2n) is 5.28. The maximum absolute atomic E-state index is 12.3. The minimum absolute atomic E-state index is 0.160. The van der Waals surface area contributed by atoms with E-state index in [1.54, 1.807) is 30.7 Å². The summed E-state index contributed by atoms with van der Waals surface area (Å²) in [5.41, 5.74) is 8.94. The number of aryl methyl sites for hydroxylation is 2. The van der Waals surface area contributed by atoms with Gasteiger partial charge in [-0.25, -0.2) is 0 Å². The number of aromatic nitrogens is 3. The van der Waals surface area contributed by atoms with E-state index in [0.29, 0.717) is 17.3 Å². The van der Waals surface area contributed by atoms with Crippen LogP contribution in [0.1, 0.15) is 17.0 Å². The minimum atomic E-state index is -0.270. The predicted octanol–water partition coefficient (Wildman–Crippen LogP) is 2.80. The van der Waals surface area contributed by atoms with Crippen molar-refractivity contribution in [3.63, 3.8) is 0 Å². The molecule has 0 unspecified atom stereocenters. The van der Waals surface area contributed by atoms with Gasteiger partial charge in [0, 0.05) is 29.7 Å². The van der Waals surface area contributed by atoms with Crippen molar-refractivity contribution in [3.05, 3.63) is 63.1 Å². The molecule has 118 valence electrons. The SMILES string of the molecule is Cc1noc(C)c1-c1cc(N)c(=O)n(Cc2ccncc2Cl)c1. The fourth-order valence-corrected chi connectivity index (χ4v) is 2.70. The number of nitrogens with zero attached hydrogens (tertiary/aromatic N) is 3. The van der Waals surface area contributed by atoms with Gasteiger partial charge < -0.3 is 14.8 Å². The van der Waals surface area contributed by atoms with Crippen LogP contribution in [0.4, 0.5) is 5.69 Å². The molecule has 3 rings (SSSR count). The maximum atomic E-state index is 12.3. The van der Waals surface area contributed by atoms with Gasteiger partial charge in [0.05, 0.1) is 22.9 Å². The van der Waals surface area contributed by atoms with Crippen LogP contribution >= 0.6 is 11.6 Å². The summed E-state index contributed by atoms with van der Waals surface area (Å²) in [6.07, 6.45) is 4.92. The molecule has 2 N–H and O–H groups in total. The van der Waals surface area contributed by atoms with Crippen molar-refractivity contribution in [2.24, 2.45) is 0 Å². The molecule has 0 aliphatic carbocycles. The molecule has 6 nitrogen and oxygen atoms in total. The third kappa shape index (κ3) is 2.85. The van der Waals surface area contributed by atoms with Crippen molar-refractivity contribution in [2.75, 3.05) is 5.73 Å². The lowest BCUT2D eigenvalue weighted by Crippen LogP contribution is -2.23. The Balaban J connectivity index is 2.12. The fourth-order valence-electron chi connectivity index (χ4n) is 2.52. The van der Waals surface area contributed by atoms with E-state index in [4.69, 9.17) is 21.9 Å². The zero-order valence-corrected chi connectivity index (χ0v) is 13.5. The summed E-state index contributed by atoms with van der Waals surface area (Å²) in [5, 5.41) is 4.44. The number of halogens is 1. The largest absolute Gasteiger partial charge is 0.394 e. The molecular weight excluding hydrogens is 316 g/mol. The molecule has 3 heterocycles. The lowest BCUT2D eigenvalue weighted by Gasteiger charge is -2.11. The summed E-state index contributed by atoms with van der Waals surface area (Å²) in [7, 11) is 0. The molecule has 0 aromatic carbocycles. The molecule has 0 fully saturated rings. The molecule has 0 aliphatic rings. The highest BCUT2D eigenvalue weighted by Gasteiger charge is 2.15. The van der Waals surface area contributed by atoms with E-state index in [0.717, 1.165) is 22.4 Å². The Bertz CT molecular complexity index is 911. The predicted molar refractivity (Wildman–Crippen MR) is 88.4 cm³/mol. The number of pyridine rings is 2. The van der Waals surface area contributed by atoms with Crippen LogP contribution in [0, 0.1) is 13.8 Å². The Labute approximate surface area is 137 Å². The normalized spacial score (nSPS) is 10.9. The lowest BCUT2D eigenvalue weighted by atomic mass is 10.1. The minimum Gasteiger partial charge on any atom is -0.394 e. The quantitative estimate of drug-likeness (QED) is 0.798. The fraction of sp³-hybridized carbons (Fsp3) is 0.188. The highest BCUT2D eigenvalue weighted by molar-refractivity contribution is 6.31. The van der Waals surface area contributed by atoms with E-state index in [-0.39, 0.29) is 11.2 Å². The number of nitrogens with two attached hydrogens (primary N) is 1. The molecule has 0 bridgehead atoms. The molecule has 23 heavy (non-hydrogen) atoms. The highest BCUT2D eigenvalue weighted by atomic mass is 35.5. The summed E-state index contributed by atoms with van der Waals surface area (Å²) >= 11 is 6.12. The van der Waals surface area contributed by atoms with Crippen LogP contribution in [0.15, 0.2) is 40.0 Å². The van der Waals surface area contributed by atoms with Crippen molar-refractivity contribution < 1.29 is 4.52 Å². The zero-order chi connectivity index (χ0) is 16.6. The van der Waals surface area contributed by atoms with Gasteiger partial charge >= 0.3 is 0 Å². The Morgan fingerprint density at radius 3 is 2.83 bits per heavy atom. The van der Waals surface area contributed by atoms with Gasteiger partial charge in [-0.1, -0.05) is 16.8 Å². The Morgan fingerprint density at radius 1 is 1.39 bits per heavy atom. The van der Waals surface area contributed by atoms with Crippen LogP contribution in [-0.2, 0) is 6.54 Å². The number of nitrogen functional groups attached to an aromatic ring is 1. The molecular formula is C16H15ClN4O2. The van der Waals surface area contributed by atoms with Gasteiger partial charge in [0.1, 0.15) is 5.76 Å². The summed E-state index contributed by atoms with van der Waals surface area (Å²) in [6, 6.07) is 3.41. The van der Waals surface area contributed by atoms with E-state index in [1.807, 2.05) is 13.8 Å². The summed E-state index contributed by atoms with van der Waals surface area (Å²) in [5.74, 6) is 0.675.